The van der Waals surface area contributed by atoms with Gasteiger partial charge in [0.2, 0.25) is 0 Å². The Morgan fingerprint density at radius 3 is 2.18 bits per heavy atom. The van der Waals surface area contributed by atoms with Gasteiger partial charge in [-0.3, -0.25) is 4.90 Å². The Kier molecular flexibility index (Phi) is 7.01. The number of benzene rings is 2. The number of ether oxygens (including phenoxy) is 4. The quantitative estimate of drug-likeness (QED) is 0.789. The zero-order valence-electron chi connectivity index (χ0n) is 17.2. The van der Waals surface area contributed by atoms with Gasteiger partial charge in [0.15, 0.2) is 0 Å². The van der Waals surface area contributed by atoms with E-state index in [0.717, 1.165) is 66.7 Å². The van der Waals surface area contributed by atoms with E-state index in [9.17, 15) is 0 Å². The second kappa shape index (κ2) is 9.66. The van der Waals surface area contributed by atoms with Gasteiger partial charge in [-0.25, -0.2) is 0 Å². The fourth-order valence-corrected chi connectivity index (χ4v) is 3.86. The first-order chi connectivity index (χ1) is 13.7. The lowest BCUT2D eigenvalue weighted by molar-refractivity contribution is 0.226. The third kappa shape index (κ3) is 4.18. The van der Waals surface area contributed by atoms with Crippen LogP contribution in [0, 0.1) is 0 Å². The predicted octanol–water partition coefficient (Wildman–Crippen LogP) is 3.11. The Balaban J connectivity index is 2.22. The number of rotatable bonds is 7. The van der Waals surface area contributed by atoms with Gasteiger partial charge in [-0.15, -0.1) is 0 Å². The predicted molar refractivity (Wildman–Crippen MR) is 110 cm³/mol. The van der Waals surface area contributed by atoms with Gasteiger partial charge < -0.3 is 24.3 Å². The lowest BCUT2D eigenvalue weighted by Crippen LogP contribution is -2.33. The molecule has 0 radical (unpaired) electrons. The molecule has 2 aromatic carbocycles. The molecular weight excluding hydrogens is 356 g/mol. The highest BCUT2D eigenvalue weighted by Gasteiger charge is 2.31. The molecule has 0 amide bonds. The summed E-state index contributed by atoms with van der Waals surface area (Å²) in [4.78, 5) is 2.46. The SMILES string of the molecule is COc1ccc(OC)c(C(c2c(OC)cccc2OC)N2CCCNCC2)c1. The maximum atomic E-state index is 5.75. The highest BCUT2D eigenvalue weighted by atomic mass is 16.5. The van der Waals surface area contributed by atoms with Gasteiger partial charge in [-0.1, -0.05) is 6.07 Å². The van der Waals surface area contributed by atoms with Crippen LogP contribution in [-0.2, 0) is 0 Å². The fourth-order valence-electron chi connectivity index (χ4n) is 3.86. The molecule has 0 saturated carbocycles. The van der Waals surface area contributed by atoms with Crippen molar-refractivity contribution in [3.63, 3.8) is 0 Å². The molecule has 0 bridgehead atoms. The summed E-state index contributed by atoms with van der Waals surface area (Å²) in [5.41, 5.74) is 2.03. The summed E-state index contributed by atoms with van der Waals surface area (Å²) in [5, 5.41) is 3.48. The van der Waals surface area contributed by atoms with Crippen molar-refractivity contribution < 1.29 is 18.9 Å². The first-order valence-corrected chi connectivity index (χ1v) is 9.61. The summed E-state index contributed by atoms with van der Waals surface area (Å²) in [6.07, 6.45) is 1.07. The maximum absolute atomic E-state index is 5.75. The van der Waals surface area contributed by atoms with E-state index in [1.54, 1.807) is 28.4 Å². The third-order valence-corrected chi connectivity index (χ3v) is 5.21. The lowest BCUT2D eigenvalue weighted by atomic mass is 9.93. The Hall–Kier alpha value is -2.44. The van der Waals surface area contributed by atoms with Crippen LogP contribution < -0.4 is 24.3 Å². The smallest absolute Gasteiger partial charge is 0.127 e. The monoisotopic (exact) mass is 386 g/mol. The summed E-state index contributed by atoms with van der Waals surface area (Å²) >= 11 is 0. The Bertz CT molecular complexity index is 751. The second-order valence-corrected chi connectivity index (χ2v) is 6.73. The lowest BCUT2D eigenvalue weighted by Gasteiger charge is -2.34. The van der Waals surface area contributed by atoms with Crippen molar-refractivity contribution >= 4 is 0 Å². The van der Waals surface area contributed by atoms with Crippen LogP contribution in [0.4, 0.5) is 0 Å². The number of nitrogens with one attached hydrogen (secondary N) is 1. The van der Waals surface area contributed by atoms with Crippen LogP contribution in [0.2, 0.25) is 0 Å². The first kappa shape index (κ1) is 20.3. The van der Waals surface area contributed by atoms with Gasteiger partial charge in [-0.05, 0) is 43.3 Å². The van der Waals surface area contributed by atoms with Gasteiger partial charge in [0.1, 0.15) is 23.0 Å². The molecule has 6 nitrogen and oxygen atoms in total. The number of nitrogens with zero attached hydrogens (tertiary/aromatic N) is 1. The molecule has 0 spiro atoms. The van der Waals surface area contributed by atoms with Crippen molar-refractivity contribution in [3.05, 3.63) is 47.5 Å². The van der Waals surface area contributed by atoms with Crippen molar-refractivity contribution in [1.82, 2.24) is 10.2 Å². The molecule has 1 atom stereocenters. The van der Waals surface area contributed by atoms with Crippen molar-refractivity contribution in [1.29, 1.82) is 0 Å². The number of hydrogen-bond donors (Lipinski definition) is 1. The summed E-state index contributed by atoms with van der Waals surface area (Å²) in [5.74, 6) is 3.21. The molecule has 152 valence electrons. The zero-order chi connectivity index (χ0) is 19.9. The molecule has 1 fully saturated rings. The summed E-state index contributed by atoms with van der Waals surface area (Å²) < 4.78 is 22.7. The molecule has 1 aliphatic rings. The van der Waals surface area contributed by atoms with Crippen LogP contribution in [0.25, 0.3) is 0 Å². The van der Waals surface area contributed by atoms with Crippen LogP contribution in [0.3, 0.4) is 0 Å². The summed E-state index contributed by atoms with van der Waals surface area (Å²) in [6, 6.07) is 11.7. The van der Waals surface area contributed by atoms with Gasteiger partial charge >= 0.3 is 0 Å². The second-order valence-electron chi connectivity index (χ2n) is 6.73. The largest absolute Gasteiger partial charge is 0.497 e. The zero-order valence-corrected chi connectivity index (χ0v) is 17.2. The van der Waals surface area contributed by atoms with Crippen molar-refractivity contribution in [2.24, 2.45) is 0 Å². The van der Waals surface area contributed by atoms with Crippen molar-refractivity contribution in [2.45, 2.75) is 12.5 Å². The Morgan fingerprint density at radius 2 is 1.54 bits per heavy atom. The van der Waals surface area contributed by atoms with E-state index in [2.05, 4.69) is 10.2 Å². The normalized spacial score (nSPS) is 16.1. The van der Waals surface area contributed by atoms with Crippen LogP contribution in [0.5, 0.6) is 23.0 Å². The van der Waals surface area contributed by atoms with Crippen molar-refractivity contribution in [2.75, 3.05) is 54.6 Å². The molecule has 1 unspecified atom stereocenters. The highest BCUT2D eigenvalue weighted by molar-refractivity contribution is 5.54. The van der Waals surface area contributed by atoms with E-state index in [1.165, 1.54) is 0 Å². The standard InChI is InChI=1S/C22H30N2O4/c1-25-16-9-10-18(26-2)17(15-16)22(24-13-6-11-23-12-14-24)21-19(27-3)7-5-8-20(21)28-4/h5,7-10,15,22-23H,6,11-14H2,1-4H3. The minimum atomic E-state index is -0.0870. The Labute approximate surface area is 167 Å². The highest BCUT2D eigenvalue weighted by Crippen LogP contribution is 2.44. The molecule has 1 aliphatic heterocycles. The molecular formula is C22H30N2O4. The molecule has 2 aromatic rings. The van der Waals surface area contributed by atoms with E-state index in [4.69, 9.17) is 18.9 Å². The van der Waals surface area contributed by atoms with E-state index in [0.29, 0.717) is 0 Å². The molecule has 0 aliphatic carbocycles. The minimum absolute atomic E-state index is 0.0870. The van der Waals surface area contributed by atoms with Crippen LogP contribution in [0.1, 0.15) is 23.6 Å². The minimum Gasteiger partial charge on any atom is -0.497 e. The van der Waals surface area contributed by atoms with E-state index in [1.807, 2.05) is 36.4 Å². The third-order valence-electron chi connectivity index (χ3n) is 5.21. The van der Waals surface area contributed by atoms with Gasteiger partial charge in [-0.2, -0.15) is 0 Å². The molecule has 3 rings (SSSR count). The van der Waals surface area contributed by atoms with Gasteiger partial charge in [0.05, 0.1) is 40.0 Å². The average Bonchev–Trinajstić information content (AvgIpc) is 3.03. The van der Waals surface area contributed by atoms with Crippen LogP contribution in [-0.4, -0.2) is 59.5 Å². The molecule has 1 N–H and O–H groups in total. The van der Waals surface area contributed by atoms with E-state index >= 15 is 0 Å². The maximum Gasteiger partial charge on any atom is 0.127 e. The molecule has 6 heteroatoms. The van der Waals surface area contributed by atoms with Crippen LogP contribution in [0.15, 0.2) is 36.4 Å². The summed E-state index contributed by atoms with van der Waals surface area (Å²) in [6.45, 7) is 3.81. The van der Waals surface area contributed by atoms with E-state index in [-0.39, 0.29) is 6.04 Å². The molecule has 0 aromatic heterocycles. The summed E-state index contributed by atoms with van der Waals surface area (Å²) in [7, 11) is 6.77. The van der Waals surface area contributed by atoms with Crippen LogP contribution >= 0.6 is 0 Å². The fraction of sp³-hybridized carbons (Fsp3) is 0.455. The number of hydrogen-bond acceptors (Lipinski definition) is 6. The molecule has 28 heavy (non-hydrogen) atoms. The van der Waals surface area contributed by atoms with Crippen molar-refractivity contribution in [3.8, 4) is 23.0 Å². The van der Waals surface area contributed by atoms with Gasteiger partial charge in [0, 0.05) is 25.2 Å². The first-order valence-electron chi connectivity index (χ1n) is 9.61. The van der Waals surface area contributed by atoms with Gasteiger partial charge in [0.25, 0.3) is 0 Å². The average molecular weight is 386 g/mol. The Morgan fingerprint density at radius 1 is 0.821 bits per heavy atom. The molecule has 1 heterocycles. The molecule has 1 saturated heterocycles. The number of methoxy groups -OCH3 is 4. The topological polar surface area (TPSA) is 52.2 Å². The van der Waals surface area contributed by atoms with E-state index < -0.39 is 0 Å².